The summed E-state index contributed by atoms with van der Waals surface area (Å²) in [6, 6.07) is 15.6. The number of methoxy groups -OCH3 is 1. The molecule has 3 nitrogen and oxygen atoms in total. The molecular formula is C17H20ClNO2. The third-order valence-corrected chi connectivity index (χ3v) is 3.49. The van der Waals surface area contributed by atoms with Gasteiger partial charge in [0.15, 0.2) is 0 Å². The summed E-state index contributed by atoms with van der Waals surface area (Å²) in [5, 5.41) is 3.89. The summed E-state index contributed by atoms with van der Waals surface area (Å²) >= 11 is 5.89. The smallest absolute Gasteiger partial charge is 0.124 e. The molecule has 2 rings (SSSR count). The van der Waals surface area contributed by atoms with Crippen LogP contribution in [0.2, 0.25) is 5.02 Å². The number of halogens is 1. The van der Waals surface area contributed by atoms with E-state index in [1.807, 2.05) is 55.6 Å². The summed E-state index contributed by atoms with van der Waals surface area (Å²) in [5.41, 5.74) is 2.14. The predicted molar refractivity (Wildman–Crippen MR) is 85.9 cm³/mol. The Morgan fingerprint density at radius 3 is 2.48 bits per heavy atom. The first-order valence-corrected chi connectivity index (χ1v) is 7.26. The lowest BCUT2D eigenvalue weighted by atomic mass is 10.1. The van der Waals surface area contributed by atoms with Crippen molar-refractivity contribution in [2.45, 2.75) is 12.7 Å². The van der Waals surface area contributed by atoms with Gasteiger partial charge in [0.1, 0.15) is 5.75 Å². The van der Waals surface area contributed by atoms with Gasteiger partial charge in [0, 0.05) is 17.1 Å². The molecule has 21 heavy (non-hydrogen) atoms. The molecule has 0 saturated heterocycles. The van der Waals surface area contributed by atoms with E-state index in [1.54, 1.807) is 7.11 Å². The molecule has 2 aromatic rings. The molecule has 0 radical (unpaired) electrons. The minimum Gasteiger partial charge on any atom is -0.496 e. The van der Waals surface area contributed by atoms with Gasteiger partial charge in [0.05, 0.1) is 19.8 Å². The Morgan fingerprint density at radius 2 is 1.81 bits per heavy atom. The van der Waals surface area contributed by atoms with Gasteiger partial charge < -0.3 is 14.8 Å². The van der Waals surface area contributed by atoms with Crippen molar-refractivity contribution in [1.82, 2.24) is 5.32 Å². The van der Waals surface area contributed by atoms with Crippen molar-refractivity contribution in [3.05, 3.63) is 64.7 Å². The molecule has 0 amide bonds. The minimum atomic E-state index is -0.0678. The summed E-state index contributed by atoms with van der Waals surface area (Å²) < 4.78 is 11.5. The van der Waals surface area contributed by atoms with E-state index < -0.39 is 0 Å². The van der Waals surface area contributed by atoms with E-state index in [9.17, 15) is 0 Å². The minimum absolute atomic E-state index is 0.0678. The third-order valence-electron chi connectivity index (χ3n) is 3.24. The summed E-state index contributed by atoms with van der Waals surface area (Å²) in [6.07, 6.45) is -0.0678. The summed E-state index contributed by atoms with van der Waals surface area (Å²) in [6.45, 7) is 1.25. The van der Waals surface area contributed by atoms with Crippen LogP contribution in [0, 0.1) is 0 Å². The number of para-hydroxylation sites is 1. The second-order valence-corrected chi connectivity index (χ2v) is 5.16. The van der Waals surface area contributed by atoms with E-state index in [0.717, 1.165) is 21.9 Å². The van der Waals surface area contributed by atoms with Crippen LogP contribution in [0.25, 0.3) is 0 Å². The molecule has 0 aliphatic heterocycles. The zero-order chi connectivity index (χ0) is 15.1. The predicted octanol–water partition coefficient (Wildman–Crippen LogP) is 3.83. The highest BCUT2D eigenvalue weighted by Gasteiger charge is 2.15. The van der Waals surface area contributed by atoms with Crippen molar-refractivity contribution in [1.29, 1.82) is 0 Å². The average Bonchev–Trinajstić information content (AvgIpc) is 2.53. The van der Waals surface area contributed by atoms with Crippen LogP contribution in [-0.4, -0.2) is 20.7 Å². The fraction of sp³-hybridized carbons (Fsp3) is 0.294. The van der Waals surface area contributed by atoms with Gasteiger partial charge in [-0.2, -0.15) is 0 Å². The number of nitrogens with one attached hydrogen (secondary N) is 1. The Balaban J connectivity index is 2.10. The number of benzene rings is 2. The lowest BCUT2D eigenvalue weighted by Gasteiger charge is -2.20. The van der Waals surface area contributed by atoms with Gasteiger partial charge >= 0.3 is 0 Å². The fourth-order valence-electron chi connectivity index (χ4n) is 2.15. The highest BCUT2D eigenvalue weighted by molar-refractivity contribution is 6.30. The maximum atomic E-state index is 6.05. The Kier molecular flexibility index (Phi) is 6.05. The van der Waals surface area contributed by atoms with Gasteiger partial charge in [-0.05, 0) is 30.8 Å². The molecule has 0 fully saturated rings. The van der Waals surface area contributed by atoms with E-state index in [2.05, 4.69) is 5.32 Å². The topological polar surface area (TPSA) is 30.5 Å². The van der Waals surface area contributed by atoms with E-state index in [0.29, 0.717) is 13.2 Å². The fourth-order valence-corrected chi connectivity index (χ4v) is 2.28. The molecule has 2 aromatic carbocycles. The molecule has 0 aliphatic rings. The first kappa shape index (κ1) is 15.8. The van der Waals surface area contributed by atoms with Crippen LogP contribution in [0.4, 0.5) is 0 Å². The van der Waals surface area contributed by atoms with Crippen LogP contribution in [0.15, 0.2) is 48.5 Å². The van der Waals surface area contributed by atoms with E-state index in [4.69, 9.17) is 21.1 Å². The summed E-state index contributed by atoms with van der Waals surface area (Å²) in [7, 11) is 3.59. The molecule has 0 heterocycles. The molecule has 4 heteroatoms. The third kappa shape index (κ3) is 4.46. The van der Waals surface area contributed by atoms with Crippen molar-refractivity contribution < 1.29 is 9.47 Å². The molecule has 0 aliphatic carbocycles. The molecule has 1 atom stereocenters. The molecule has 112 valence electrons. The summed E-state index contributed by atoms with van der Waals surface area (Å²) in [4.78, 5) is 0. The molecular weight excluding hydrogens is 286 g/mol. The Morgan fingerprint density at radius 1 is 1.10 bits per heavy atom. The Labute approximate surface area is 130 Å². The maximum Gasteiger partial charge on any atom is 0.124 e. The molecule has 1 N–H and O–H groups in total. The van der Waals surface area contributed by atoms with Crippen LogP contribution in [-0.2, 0) is 11.3 Å². The largest absolute Gasteiger partial charge is 0.496 e. The lowest BCUT2D eigenvalue weighted by Crippen LogP contribution is -2.20. The standard InChI is InChI=1S/C17H20ClNO2/c1-19-11-17(15-5-3-4-6-16(15)20-2)21-12-13-7-9-14(18)10-8-13/h3-10,17,19H,11-12H2,1-2H3. The number of likely N-dealkylation sites (N-methyl/N-ethyl adjacent to an activating group) is 1. The lowest BCUT2D eigenvalue weighted by molar-refractivity contribution is 0.0395. The first-order chi connectivity index (χ1) is 10.2. The quantitative estimate of drug-likeness (QED) is 0.843. The van der Waals surface area contributed by atoms with Crippen molar-refractivity contribution in [3.63, 3.8) is 0 Å². The van der Waals surface area contributed by atoms with E-state index in [1.165, 1.54) is 0 Å². The average molecular weight is 306 g/mol. The normalized spacial score (nSPS) is 12.1. The van der Waals surface area contributed by atoms with Crippen LogP contribution in [0.5, 0.6) is 5.75 Å². The number of ether oxygens (including phenoxy) is 2. The zero-order valence-corrected chi connectivity index (χ0v) is 13.1. The van der Waals surface area contributed by atoms with Crippen molar-refractivity contribution in [2.75, 3.05) is 20.7 Å². The molecule has 0 saturated carbocycles. The van der Waals surface area contributed by atoms with Crippen LogP contribution in [0.1, 0.15) is 17.2 Å². The number of hydrogen-bond acceptors (Lipinski definition) is 3. The number of hydrogen-bond donors (Lipinski definition) is 1. The number of rotatable bonds is 7. The van der Waals surface area contributed by atoms with E-state index >= 15 is 0 Å². The highest BCUT2D eigenvalue weighted by Crippen LogP contribution is 2.27. The second-order valence-electron chi connectivity index (χ2n) is 4.73. The van der Waals surface area contributed by atoms with Gasteiger partial charge in [-0.1, -0.05) is 41.9 Å². The highest BCUT2D eigenvalue weighted by atomic mass is 35.5. The first-order valence-electron chi connectivity index (χ1n) is 6.88. The Bertz CT molecular complexity index is 557. The van der Waals surface area contributed by atoms with Crippen LogP contribution in [0.3, 0.4) is 0 Å². The van der Waals surface area contributed by atoms with Crippen LogP contribution >= 0.6 is 11.6 Å². The monoisotopic (exact) mass is 305 g/mol. The maximum absolute atomic E-state index is 6.05. The van der Waals surface area contributed by atoms with Gasteiger partial charge in [0.25, 0.3) is 0 Å². The van der Waals surface area contributed by atoms with Crippen molar-refractivity contribution in [2.24, 2.45) is 0 Å². The molecule has 0 spiro atoms. The Hall–Kier alpha value is -1.55. The van der Waals surface area contributed by atoms with Crippen LogP contribution < -0.4 is 10.1 Å². The van der Waals surface area contributed by atoms with Crippen molar-refractivity contribution in [3.8, 4) is 5.75 Å². The summed E-state index contributed by atoms with van der Waals surface area (Å²) in [5.74, 6) is 0.842. The van der Waals surface area contributed by atoms with Gasteiger partial charge in [-0.3, -0.25) is 0 Å². The van der Waals surface area contributed by atoms with E-state index in [-0.39, 0.29) is 6.10 Å². The molecule has 1 unspecified atom stereocenters. The van der Waals surface area contributed by atoms with Gasteiger partial charge in [0.2, 0.25) is 0 Å². The zero-order valence-electron chi connectivity index (χ0n) is 12.3. The molecule has 0 bridgehead atoms. The molecule has 0 aromatic heterocycles. The van der Waals surface area contributed by atoms with Gasteiger partial charge in [-0.15, -0.1) is 0 Å². The van der Waals surface area contributed by atoms with Gasteiger partial charge in [-0.25, -0.2) is 0 Å². The second kappa shape index (κ2) is 8.03. The van der Waals surface area contributed by atoms with Crippen molar-refractivity contribution >= 4 is 11.6 Å². The SMILES string of the molecule is CNCC(OCc1ccc(Cl)cc1)c1ccccc1OC.